The van der Waals surface area contributed by atoms with Crippen molar-refractivity contribution in [3.05, 3.63) is 60.2 Å². The van der Waals surface area contributed by atoms with Gasteiger partial charge in [0, 0.05) is 44.0 Å². The van der Waals surface area contributed by atoms with Crippen LogP contribution in [0.2, 0.25) is 0 Å². The molecule has 0 radical (unpaired) electrons. The first-order valence-corrected chi connectivity index (χ1v) is 9.45. The summed E-state index contributed by atoms with van der Waals surface area (Å²) in [7, 11) is 0. The predicted octanol–water partition coefficient (Wildman–Crippen LogP) is 2.99. The van der Waals surface area contributed by atoms with E-state index in [0.717, 1.165) is 30.9 Å². The highest BCUT2D eigenvalue weighted by Gasteiger charge is 2.25. The lowest BCUT2D eigenvalue weighted by atomic mass is 10.0. The lowest BCUT2D eigenvalue weighted by Gasteiger charge is -2.34. The van der Waals surface area contributed by atoms with Crippen molar-refractivity contribution in [2.24, 2.45) is 0 Å². The Morgan fingerprint density at radius 2 is 1.81 bits per heavy atom. The highest BCUT2D eigenvalue weighted by Crippen LogP contribution is 2.23. The van der Waals surface area contributed by atoms with Gasteiger partial charge in [-0.1, -0.05) is 30.3 Å². The van der Waals surface area contributed by atoms with Crippen LogP contribution in [0.4, 0.5) is 16.2 Å². The largest absolute Gasteiger partial charge is 0.321 e. The molecule has 0 aliphatic carbocycles. The Kier molecular flexibility index (Phi) is 5.07. The van der Waals surface area contributed by atoms with Gasteiger partial charge in [-0.25, -0.2) is 4.79 Å². The lowest BCUT2D eigenvalue weighted by molar-refractivity contribution is -0.117. The number of urea groups is 1. The molecule has 0 saturated carbocycles. The highest BCUT2D eigenvalue weighted by atomic mass is 16.2. The molecule has 3 amide bonds. The Balaban J connectivity index is 1.37. The molecule has 2 N–H and O–H groups in total. The van der Waals surface area contributed by atoms with E-state index in [-0.39, 0.29) is 18.0 Å². The van der Waals surface area contributed by atoms with Gasteiger partial charge in [0.25, 0.3) is 0 Å². The second kappa shape index (κ2) is 7.80. The van der Waals surface area contributed by atoms with Gasteiger partial charge in [0.2, 0.25) is 5.91 Å². The van der Waals surface area contributed by atoms with Gasteiger partial charge >= 0.3 is 6.03 Å². The molecule has 2 aliphatic heterocycles. The maximum absolute atomic E-state index is 12.7. The summed E-state index contributed by atoms with van der Waals surface area (Å²) in [6, 6.07) is 17.7. The summed E-state index contributed by atoms with van der Waals surface area (Å²) in [6.07, 6.45) is 1.52. The van der Waals surface area contributed by atoms with E-state index < -0.39 is 0 Å². The summed E-state index contributed by atoms with van der Waals surface area (Å²) in [5.41, 5.74) is 2.82. The van der Waals surface area contributed by atoms with Crippen molar-refractivity contribution in [2.45, 2.75) is 18.9 Å². The number of nitrogens with zero attached hydrogens (tertiary/aromatic N) is 2. The van der Waals surface area contributed by atoms with Gasteiger partial charge < -0.3 is 20.4 Å². The first-order valence-electron chi connectivity index (χ1n) is 9.45. The van der Waals surface area contributed by atoms with E-state index in [1.165, 1.54) is 5.56 Å². The fraction of sp³-hybridized carbons (Fsp3) is 0.333. The van der Waals surface area contributed by atoms with Crippen molar-refractivity contribution in [3.8, 4) is 0 Å². The third kappa shape index (κ3) is 3.95. The fourth-order valence-electron chi connectivity index (χ4n) is 3.69. The zero-order valence-electron chi connectivity index (χ0n) is 15.2. The summed E-state index contributed by atoms with van der Waals surface area (Å²) in [4.78, 5) is 28.1. The second-order valence-corrected chi connectivity index (χ2v) is 6.99. The summed E-state index contributed by atoms with van der Waals surface area (Å²) >= 11 is 0. The maximum Gasteiger partial charge on any atom is 0.321 e. The number of nitrogens with one attached hydrogen (secondary N) is 2. The minimum absolute atomic E-state index is 0.0950. The van der Waals surface area contributed by atoms with Crippen LogP contribution >= 0.6 is 0 Å². The van der Waals surface area contributed by atoms with Crippen LogP contribution in [0.1, 0.15) is 24.4 Å². The molecular formula is C21H24N4O2. The molecule has 1 unspecified atom stereocenters. The number of hydrogen-bond donors (Lipinski definition) is 2. The van der Waals surface area contributed by atoms with Gasteiger partial charge in [-0.15, -0.1) is 0 Å². The summed E-state index contributed by atoms with van der Waals surface area (Å²) in [6.45, 7) is 2.85. The zero-order chi connectivity index (χ0) is 18.6. The first-order chi connectivity index (χ1) is 13.2. The molecule has 1 atom stereocenters. The second-order valence-electron chi connectivity index (χ2n) is 6.99. The van der Waals surface area contributed by atoms with Crippen LogP contribution in [-0.2, 0) is 4.79 Å². The zero-order valence-corrected chi connectivity index (χ0v) is 15.2. The topological polar surface area (TPSA) is 64.7 Å². The predicted molar refractivity (Wildman–Crippen MR) is 106 cm³/mol. The average Bonchev–Trinajstić information content (AvgIpc) is 3.15. The normalized spacial score (nSPS) is 20.0. The van der Waals surface area contributed by atoms with Crippen molar-refractivity contribution < 1.29 is 9.59 Å². The molecule has 6 nitrogen and oxygen atoms in total. The van der Waals surface area contributed by atoms with E-state index in [1.54, 1.807) is 4.90 Å². The Hall–Kier alpha value is -2.86. The molecule has 0 spiro atoms. The molecule has 27 heavy (non-hydrogen) atoms. The molecule has 2 fully saturated rings. The first kappa shape index (κ1) is 17.5. The van der Waals surface area contributed by atoms with E-state index in [2.05, 4.69) is 22.8 Å². The molecule has 2 saturated heterocycles. The van der Waals surface area contributed by atoms with E-state index in [9.17, 15) is 9.59 Å². The molecule has 4 rings (SSSR count). The van der Waals surface area contributed by atoms with Gasteiger partial charge in [0.05, 0.1) is 6.04 Å². The standard InChI is InChI=1S/C21H24N4O2/c26-20-7-4-13-25(20)18-10-8-17(9-11-18)23-21(27)24-14-12-22-19(15-24)16-5-2-1-3-6-16/h1-3,5-6,8-11,19,22H,4,7,12-15H2,(H,23,27). The lowest BCUT2D eigenvalue weighted by Crippen LogP contribution is -2.49. The van der Waals surface area contributed by atoms with Crippen molar-refractivity contribution >= 4 is 23.3 Å². The minimum atomic E-state index is -0.0950. The number of hydrogen-bond acceptors (Lipinski definition) is 3. The summed E-state index contributed by atoms with van der Waals surface area (Å²) in [5, 5.41) is 6.44. The highest BCUT2D eigenvalue weighted by molar-refractivity contribution is 5.96. The van der Waals surface area contributed by atoms with Gasteiger partial charge in [-0.3, -0.25) is 4.79 Å². The van der Waals surface area contributed by atoms with Crippen LogP contribution < -0.4 is 15.5 Å². The molecule has 2 aromatic rings. The van der Waals surface area contributed by atoms with Crippen LogP contribution in [0.3, 0.4) is 0 Å². The summed E-state index contributed by atoms with van der Waals surface area (Å²) < 4.78 is 0. The molecule has 0 bridgehead atoms. The number of amides is 3. The van der Waals surface area contributed by atoms with Crippen molar-refractivity contribution in [2.75, 3.05) is 36.4 Å². The number of carbonyl (C=O) groups is 2. The number of piperazine rings is 1. The quantitative estimate of drug-likeness (QED) is 0.880. The molecule has 2 heterocycles. The van der Waals surface area contributed by atoms with E-state index in [4.69, 9.17) is 0 Å². The molecule has 0 aromatic heterocycles. The minimum Gasteiger partial charge on any atom is -0.321 e. The van der Waals surface area contributed by atoms with Crippen LogP contribution in [0.25, 0.3) is 0 Å². The van der Waals surface area contributed by atoms with Crippen LogP contribution in [-0.4, -0.2) is 43.0 Å². The third-order valence-corrected chi connectivity index (χ3v) is 5.17. The van der Waals surface area contributed by atoms with Gasteiger partial charge in [-0.2, -0.15) is 0 Å². The number of carbonyl (C=O) groups excluding carboxylic acids is 2. The van der Waals surface area contributed by atoms with Crippen LogP contribution in [0.5, 0.6) is 0 Å². The van der Waals surface area contributed by atoms with Gasteiger partial charge in [0.15, 0.2) is 0 Å². The maximum atomic E-state index is 12.7. The van der Waals surface area contributed by atoms with Gasteiger partial charge in [0.1, 0.15) is 0 Å². The number of anilines is 2. The Bertz CT molecular complexity index is 807. The van der Waals surface area contributed by atoms with E-state index in [1.807, 2.05) is 47.4 Å². The van der Waals surface area contributed by atoms with Crippen molar-refractivity contribution in [1.82, 2.24) is 10.2 Å². The Labute approximate surface area is 159 Å². The average molecular weight is 364 g/mol. The third-order valence-electron chi connectivity index (χ3n) is 5.17. The SMILES string of the molecule is O=C(Nc1ccc(N2CCCC2=O)cc1)N1CCNC(c2ccccc2)C1. The van der Waals surface area contributed by atoms with Crippen molar-refractivity contribution in [1.29, 1.82) is 0 Å². The molecule has 2 aliphatic rings. The summed E-state index contributed by atoms with van der Waals surface area (Å²) in [5.74, 6) is 0.166. The van der Waals surface area contributed by atoms with Crippen LogP contribution in [0.15, 0.2) is 54.6 Å². The molecular weight excluding hydrogens is 340 g/mol. The Morgan fingerprint density at radius 3 is 2.52 bits per heavy atom. The van der Waals surface area contributed by atoms with Gasteiger partial charge in [-0.05, 0) is 36.2 Å². The number of benzene rings is 2. The van der Waals surface area contributed by atoms with E-state index in [0.29, 0.717) is 19.5 Å². The smallest absolute Gasteiger partial charge is 0.321 e. The molecule has 2 aromatic carbocycles. The number of rotatable bonds is 3. The van der Waals surface area contributed by atoms with Crippen molar-refractivity contribution in [3.63, 3.8) is 0 Å². The fourth-order valence-corrected chi connectivity index (χ4v) is 3.69. The monoisotopic (exact) mass is 364 g/mol. The van der Waals surface area contributed by atoms with E-state index >= 15 is 0 Å². The molecule has 6 heteroatoms. The molecule has 140 valence electrons. The Morgan fingerprint density at radius 1 is 1.04 bits per heavy atom. The van der Waals surface area contributed by atoms with Crippen LogP contribution in [0, 0.1) is 0 Å².